The van der Waals surface area contributed by atoms with Gasteiger partial charge in [-0.1, -0.05) is 109 Å². The van der Waals surface area contributed by atoms with Gasteiger partial charge in [0.1, 0.15) is 0 Å². The van der Waals surface area contributed by atoms with E-state index in [0.29, 0.717) is 0 Å². The molecule has 1 aromatic heterocycles. The van der Waals surface area contributed by atoms with Crippen LogP contribution in [0.3, 0.4) is 0 Å². The lowest BCUT2D eigenvalue weighted by Gasteiger charge is -2.08. The summed E-state index contributed by atoms with van der Waals surface area (Å²) in [6.45, 7) is 0. The minimum Gasteiger partial charge on any atom is -0.135 e. The smallest absolute Gasteiger partial charge is 0.0349 e. The third-order valence-corrected chi connectivity index (χ3v) is 8.07. The molecule has 0 aliphatic heterocycles. The van der Waals surface area contributed by atoms with Gasteiger partial charge in [0.25, 0.3) is 0 Å². The van der Waals surface area contributed by atoms with Crippen LogP contribution in [0.25, 0.3) is 64.3 Å². The monoisotopic (exact) mass is 462 g/mol. The van der Waals surface area contributed by atoms with Crippen LogP contribution in [0.5, 0.6) is 0 Å². The molecule has 0 atom stereocenters. The summed E-state index contributed by atoms with van der Waals surface area (Å²) in [4.78, 5) is 2.60. The fraction of sp³-hybridized carbons (Fsp3) is 0. The molecule has 6 aromatic carbocycles. The van der Waals surface area contributed by atoms with Crippen molar-refractivity contribution in [3.8, 4) is 32.0 Å². The molecule has 0 aliphatic rings. The summed E-state index contributed by atoms with van der Waals surface area (Å²) in [6.07, 6.45) is 0. The SMILES string of the molecule is c1ccc2cc(-c3ccc(-c4ccc(-c5ccc6c(ccc7ccccc76)c5)cc4)s3)ccc2c1. The van der Waals surface area contributed by atoms with Gasteiger partial charge in [-0.05, 0) is 78.8 Å². The highest BCUT2D eigenvalue weighted by molar-refractivity contribution is 7.18. The first-order valence-electron chi connectivity index (χ1n) is 11.9. The Morgan fingerprint density at radius 3 is 1.71 bits per heavy atom. The van der Waals surface area contributed by atoms with E-state index in [1.54, 1.807) is 0 Å². The lowest BCUT2D eigenvalue weighted by molar-refractivity contribution is 1.64. The summed E-state index contributed by atoms with van der Waals surface area (Å²) in [5.41, 5.74) is 5.04. The van der Waals surface area contributed by atoms with Crippen LogP contribution < -0.4 is 0 Å². The Kier molecular flexibility index (Phi) is 4.75. The van der Waals surface area contributed by atoms with Gasteiger partial charge >= 0.3 is 0 Å². The van der Waals surface area contributed by atoms with Gasteiger partial charge in [-0.25, -0.2) is 0 Å². The largest absolute Gasteiger partial charge is 0.135 e. The van der Waals surface area contributed by atoms with E-state index < -0.39 is 0 Å². The maximum absolute atomic E-state index is 2.31. The average Bonchev–Trinajstić information content (AvgIpc) is 3.43. The molecule has 0 radical (unpaired) electrons. The van der Waals surface area contributed by atoms with Crippen LogP contribution in [0.2, 0.25) is 0 Å². The van der Waals surface area contributed by atoms with E-state index in [-0.39, 0.29) is 0 Å². The molecule has 0 nitrogen and oxygen atoms in total. The highest BCUT2D eigenvalue weighted by Crippen LogP contribution is 2.37. The summed E-state index contributed by atoms with van der Waals surface area (Å²) >= 11 is 1.85. The third-order valence-electron chi connectivity index (χ3n) is 6.89. The number of fused-ring (bicyclic) bond motifs is 4. The van der Waals surface area contributed by atoms with Gasteiger partial charge in [-0.2, -0.15) is 0 Å². The predicted molar refractivity (Wildman–Crippen MR) is 153 cm³/mol. The summed E-state index contributed by atoms with van der Waals surface area (Å²) in [7, 11) is 0. The van der Waals surface area contributed by atoms with Crippen LogP contribution >= 0.6 is 11.3 Å². The molecule has 7 rings (SSSR count). The Labute approximate surface area is 208 Å². The average molecular weight is 463 g/mol. The normalized spacial score (nSPS) is 11.4. The molecule has 1 heterocycles. The molecule has 0 fully saturated rings. The Hall–Kier alpha value is -4.20. The molecule has 1 heteroatoms. The van der Waals surface area contributed by atoms with E-state index in [4.69, 9.17) is 0 Å². The van der Waals surface area contributed by atoms with Crippen molar-refractivity contribution in [3.05, 3.63) is 133 Å². The maximum atomic E-state index is 2.31. The van der Waals surface area contributed by atoms with E-state index in [1.807, 2.05) is 11.3 Å². The molecule has 7 aromatic rings. The number of hydrogen-bond acceptors (Lipinski definition) is 1. The van der Waals surface area contributed by atoms with Crippen molar-refractivity contribution in [2.24, 2.45) is 0 Å². The lowest BCUT2D eigenvalue weighted by Crippen LogP contribution is -1.82. The highest BCUT2D eigenvalue weighted by atomic mass is 32.1. The molecule has 0 saturated carbocycles. The summed E-state index contributed by atoms with van der Waals surface area (Å²) in [6, 6.07) is 48.6. The van der Waals surface area contributed by atoms with Crippen molar-refractivity contribution >= 4 is 43.7 Å². The van der Waals surface area contributed by atoms with E-state index in [2.05, 4.69) is 133 Å². The van der Waals surface area contributed by atoms with Crippen molar-refractivity contribution in [2.45, 2.75) is 0 Å². The summed E-state index contributed by atoms with van der Waals surface area (Å²) in [5.74, 6) is 0. The molecule has 0 N–H and O–H groups in total. The topological polar surface area (TPSA) is 0 Å². The molecule has 0 amide bonds. The molecular weight excluding hydrogens is 440 g/mol. The zero-order valence-corrected chi connectivity index (χ0v) is 19.9. The minimum absolute atomic E-state index is 1.25. The van der Waals surface area contributed by atoms with Crippen molar-refractivity contribution in [1.29, 1.82) is 0 Å². The van der Waals surface area contributed by atoms with Gasteiger partial charge in [0.05, 0.1) is 0 Å². The Morgan fingerprint density at radius 1 is 0.314 bits per heavy atom. The second kappa shape index (κ2) is 8.23. The van der Waals surface area contributed by atoms with Gasteiger partial charge in [-0.3, -0.25) is 0 Å². The number of rotatable bonds is 3. The minimum atomic E-state index is 1.25. The maximum Gasteiger partial charge on any atom is 0.0349 e. The number of hydrogen-bond donors (Lipinski definition) is 0. The van der Waals surface area contributed by atoms with Gasteiger partial charge < -0.3 is 0 Å². The molecule has 0 saturated heterocycles. The summed E-state index contributed by atoms with van der Waals surface area (Å²) < 4.78 is 0. The highest BCUT2D eigenvalue weighted by Gasteiger charge is 2.08. The standard InChI is InChI=1S/C34H22S/c1-2-7-27-22-30(16-11-23(27)5-1)34-20-19-33(35-34)26-13-9-24(10-14-26)28-17-18-32-29(21-28)15-12-25-6-3-4-8-31(25)32/h1-22H. The Morgan fingerprint density at radius 2 is 0.857 bits per heavy atom. The number of thiophene rings is 1. The Bertz CT molecular complexity index is 1840. The molecule has 0 aliphatic carbocycles. The lowest BCUT2D eigenvalue weighted by atomic mass is 9.97. The van der Waals surface area contributed by atoms with Crippen molar-refractivity contribution in [2.75, 3.05) is 0 Å². The van der Waals surface area contributed by atoms with Crippen LogP contribution in [0.1, 0.15) is 0 Å². The van der Waals surface area contributed by atoms with Crippen LogP contribution in [-0.2, 0) is 0 Å². The quantitative estimate of drug-likeness (QED) is 0.229. The fourth-order valence-electron chi connectivity index (χ4n) is 5.01. The second-order valence-corrected chi connectivity index (χ2v) is 10.1. The zero-order valence-electron chi connectivity index (χ0n) is 19.1. The van der Waals surface area contributed by atoms with Crippen molar-refractivity contribution in [3.63, 3.8) is 0 Å². The van der Waals surface area contributed by atoms with E-state index in [9.17, 15) is 0 Å². The van der Waals surface area contributed by atoms with Crippen LogP contribution in [0, 0.1) is 0 Å². The zero-order chi connectivity index (χ0) is 23.2. The van der Waals surface area contributed by atoms with Crippen molar-refractivity contribution < 1.29 is 0 Å². The number of benzene rings is 6. The van der Waals surface area contributed by atoms with E-state index >= 15 is 0 Å². The first-order chi connectivity index (χ1) is 17.3. The fourth-order valence-corrected chi connectivity index (χ4v) is 6.02. The molecular formula is C34H22S. The van der Waals surface area contributed by atoms with Gasteiger partial charge in [0.2, 0.25) is 0 Å². The van der Waals surface area contributed by atoms with Crippen LogP contribution in [0.15, 0.2) is 133 Å². The first-order valence-corrected chi connectivity index (χ1v) is 12.7. The van der Waals surface area contributed by atoms with Gasteiger partial charge in [0, 0.05) is 9.75 Å². The van der Waals surface area contributed by atoms with Gasteiger partial charge in [-0.15, -0.1) is 11.3 Å². The Balaban J connectivity index is 1.20. The van der Waals surface area contributed by atoms with Crippen LogP contribution in [-0.4, -0.2) is 0 Å². The predicted octanol–water partition coefficient (Wildman–Crippen LogP) is 10.2. The molecule has 164 valence electrons. The third kappa shape index (κ3) is 3.62. The molecule has 35 heavy (non-hydrogen) atoms. The van der Waals surface area contributed by atoms with Crippen LogP contribution in [0.4, 0.5) is 0 Å². The molecule has 0 spiro atoms. The van der Waals surface area contributed by atoms with Gasteiger partial charge in [0.15, 0.2) is 0 Å². The molecule has 0 unspecified atom stereocenters. The van der Waals surface area contributed by atoms with E-state index in [1.165, 1.54) is 64.3 Å². The second-order valence-electron chi connectivity index (χ2n) is 9.03. The van der Waals surface area contributed by atoms with E-state index in [0.717, 1.165) is 0 Å². The first kappa shape index (κ1) is 20.2. The summed E-state index contributed by atoms with van der Waals surface area (Å²) in [5, 5.41) is 7.76. The molecule has 0 bridgehead atoms. The van der Waals surface area contributed by atoms with Crippen molar-refractivity contribution in [1.82, 2.24) is 0 Å².